The van der Waals surface area contributed by atoms with Crippen molar-refractivity contribution >= 4 is 23.7 Å². The summed E-state index contributed by atoms with van der Waals surface area (Å²) < 4.78 is 13.5. The van der Waals surface area contributed by atoms with Crippen molar-refractivity contribution in [2.75, 3.05) is 12.3 Å². The third kappa shape index (κ3) is 5.78. The van der Waals surface area contributed by atoms with E-state index < -0.39 is 17.8 Å². The van der Waals surface area contributed by atoms with Crippen LogP contribution in [0, 0.1) is 19.7 Å². The molecule has 1 heterocycles. The molecule has 0 bridgehead atoms. The van der Waals surface area contributed by atoms with Gasteiger partial charge in [0.05, 0.1) is 17.8 Å². The summed E-state index contributed by atoms with van der Waals surface area (Å²) in [5, 5.41) is 12.2. The van der Waals surface area contributed by atoms with Crippen LogP contribution in [-0.2, 0) is 24.3 Å². The molecule has 2 aromatic carbocycles. The number of amides is 2. The molecule has 0 fully saturated rings. The molecule has 1 aliphatic rings. The Balaban J connectivity index is 1.55. The lowest BCUT2D eigenvalue weighted by Crippen LogP contribution is -2.36. The van der Waals surface area contributed by atoms with E-state index in [2.05, 4.69) is 15.3 Å². The number of nitrogen functional groups attached to an aromatic ring is 1. The van der Waals surface area contributed by atoms with Gasteiger partial charge in [0.15, 0.2) is 0 Å². The molecule has 4 rings (SSSR count). The number of carbonyl (C=O) groups excluding carboxylic acids is 2. The van der Waals surface area contributed by atoms with Gasteiger partial charge < -0.3 is 21.9 Å². The Kier molecular flexibility index (Phi) is 7.67. The number of rotatable bonds is 9. The highest BCUT2D eigenvalue weighted by atomic mass is 19.1. The van der Waals surface area contributed by atoms with Gasteiger partial charge in [0.2, 0.25) is 11.9 Å². The van der Waals surface area contributed by atoms with Gasteiger partial charge in [0, 0.05) is 19.1 Å². The Hall–Kier alpha value is -4.38. The molecule has 198 valence electrons. The number of carboxylic acids is 1. The molecule has 1 unspecified atom stereocenters. The average Bonchev–Trinajstić information content (AvgIpc) is 3.28. The quantitative estimate of drug-likeness (QED) is 0.334. The number of anilines is 1. The summed E-state index contributed by atoms with van der Waals surface area (Å²) in [6, 6.07) is 9.24. The number of aryl methyl sites for hydroxylation is 1. The van der Waals surface area contributed by atoms with Crippen molar-refractivity contribution in [3.05, 3.63) is 87.0 Å². The van der Waals surface area contributed by atoms with Crippen molar-refractivity contribution in [2.45, 2.75) is 45.8 Å². The molecule has 0 spiro atoms. The number of fused-ring (bicyclic) bond motifs is 1. The number of aromatic carboxylic acids is 1. The molecule has 2 amide bonds. The number of aromatic nitrogens is 2. The molecule has 0 radical (unpaired) electrons. The van der Waals surface area contributed by atoms with Gasteiger partial charge in [0.25, 0.3) is 5.91 Å². The highest BCUT2D eigenvalue weighted by molar-refractivity contribution is 5.92. The first-order chi connectivity index (χ1) is 18.0. The van der Waals surface area contributed by atoms with Crippen molar-refractivity contribution in [1.82, 2.24) is 20.2 Å². The number of benzene rings is 2. The summed E-state index contributed by atoms with van der Waals surface area (Å²) in [4.78, 5) is 46.5. The third-order valence-electron chi connectivity index (χ3n) is 6.76. The first kappa shape index (κ1) is 26.7. The van der Waals surface area contributed by atoms with Crippen molar-refractivity contribution in [2.24, 2.45) is 5.73 Å². The molecule has 11 heteroatoms. The molecule has 0 saturated carbocycles. The average molecular weight is 521 g/mol. The number of primary amides is 1. The first-order valence-electron chi connectivity index (χ1n) is 12.1. The van der Waals surface area contributed by atoms with Crippen LogP contribution in [0.25, 0.3) is 0 Å². The highest BCUT2D eigenvalue weighted by Gasteiger charge is 2.31. The first-order valence-corrected chi connectivity index (χ1v) is 12.1. The fraction of sp³-hybridized carbons (Fsp3) is 0.296. The maximum absolute atomic E-state index is 13.5. The van der Waals surface area contributed by atoms with Gasteiger partial charge >= 0.3 is 5.97 Å². The summed E-state index contributed by atoms with van der Waals surface area (Å²) >= 11 is 0. The summed E-state index contributed by atoms with van der Waals surface area (Å²) in [7, 11) is 0. The molecule has 1 aromatic heterocycles. The maximum Gasteiger partial charge on any atom is 0.335 e. The fourth-order valence-corrected chi connectivity index (χ4v) is 4.96. The molecular formula is C27H29FN6O4. The predicted octanol–water partition coefficient (Wildman–Crippen LogP) is 2.42. The monoisotopic (exact) mass is 520 g/mol. The van der Waals surface area contributed by atoms with E-state index in [1.807, 2.05) is 4.90 Å². The van der Waals surface area contributed by atoms with Gasteiger partial charge in [-0.15, -0.1) is 0 Å². The maximum atomic E-state index is 13.5. The van der Waals surface area contributed by atoms with Crippen molar-refractivity contribution in [3.8, 4) is 0 Å². The van der Waals surface area contributed by atoms with E-state index in [9.17, 15) is 23.9 Å². The lowest BCUT2D eigenvalue weighted by Gasteiger charge is -2.28. The van der Waals surface area contributed by atoms with Crippen molar-refractivity contribution in [1.29, 1.82) is 0 Å². The van der Waals surface area contributed by atoms with Crippen LogP contribution in [0.3, 0.4) is 0 Å². The van der Waals surface area contributed by atoms with Gasteiger partial charge in [-0.05, 0) is 72.7 Å². The SMILES string of the molecule is Cc1cc(CNC(=O)c2cc(CN(CC(N)=O)C3CCc4c3ccc(C(=O)O)c4C)nc(N)n2)ccc1F. The Morgan fingerprint density at radius 2 is 1.92 bits per heavy atom. The van der Waals surface area contributed by atoms with Gasteiger partial charge in [-0.1, -0.05) is 18.2 Å². The van der Waals surface area contributed by atoms with E-state index in [4.69, 9.17) is 11.5 Å². The smallest absolute Gasteiger partial charge is 0.335 e. The van der Waals surface area contributed by atoms with Crippen molar-refractivity contribution < 1.29 is 23.9 Å². The summed E-state index contributed by atoms with van der Waals surface area (Å²) in [5.41, 5.74) is 16.0. The van der Waals surface area contributed by atoms with Crippen LogP contribution in [0.2, 0.25) is 0 Å². The number of hydrogen-bond acceptors (Lipinski definition) is 7. The van der Waals surface area contributed by atoms with Crippen molar-refractivity contribution in [3.63, 3.8) is 0 Å². The summed E-state index contributed by atoms with van der Waals surface area (Å²) in [5.74, 6) is -2.42. The minimum Gasteiger partial charge on any atom is -0.478 e. The van der Waals surface area contributed by atoms with Crippen LogP contribution < -0.4 is 16.8 Å². The second-order valence-corrected chi connectivity index (χ2v) is 9.41. The summed E-state index contributed by atoms with van der Waals surface area (Å²) in [6.45, 7) is 3.69. The van der Waals surface area contributed by atoms with E-state index in [-0.39, 0.29) is 48.7 Å². The van der Waals surface area contributed by atoms with E-state index in [1.54, 1.807) is 38.1 Å². The molecule has 3 aromatic rings. The normalized spacial score (nSPS) is 14.4. The lowest BCUT2D eigenvalue weighted by molar-refractivity contribution is -0.119. The number of nitrogens with one attached hydrogen (secondary N) is 1. The van der Waals surface area contributed by atoms with E-state index in [0.717, 1.165) is 16.7 Å². The van der Waals surface area contributed by atoms with E-state index in [1.165, 1.54) is 12.1 Å². The number of carboxylic acid groups (broad SMARTS) is 1. The topological polar surface area (TPSA) is 165 Å². The largest absolute Gasteiger partial charge is 0.478 e. The standard InChI is InChI=1S/C27H29FN6O4/c1-14-9-16(3-7-21(14)28)11-31-25(36)22-10-17(32-27(30)33-22)12-34(13-24(29)35)23-8-6-18-15(2)19(26(37)38)4-5-20(18)23/h3-5,7,9-10,23H,6,8,11-13H2,1-2H3,(H2,29,35)(H,31,36)(H,37,38)(H2,30,32,33). The lowest BCUT2D eigenvalue weighted by atomic mass is 9.97. The number of nitrogens with two attached hydrogens (primary N) is 2. The minimum atomic E-state index is -0.987. The van der Waals surface area contributed by atoms with Crippen LogP contribution in [0.15, 0.2) is 36.4 Å². The Morgan fingerprint density at radius 3 is 2.61 bits per heavy atom. The molecule has 1 aliphatic carbocycles. The Labute approximate surface area is 218 Å². The van der Waals surface area contributed by atoms with Gasteiger partial charge in [0.1, 0.15) is 11.5 Å². The number of nitrogens with zero attached hydrogens (tertiary/aromatic N) is 3. The molecule has 0 saturated heterocycles. The minimum absolute atomic E-state index is 0.0547. The molecule has 10 nitrogen and oxygen atoms in total. The van der Waals surface area contributed by atoms with Gasteiger partial charge in [-0.2, -0.15) is 0 Å². The predicted molar refractivity (Wildman–Crippen MR) is 138 cm³/mol. The van der Waals surface area contributed by atoms with Crippen LogP contribution in [0.1, 0.15) is 66.8 Å². The zero-order valence-corrected chi connectivity index (χ0v) is 21.1. The fourth-order valence-electron chi connectivity index (χ4n) is 4.96. The Morgan fingerprint density at radius 1 is 1.16 bits per heavy atom. The van der Waals surface area contributed by atoms with Crippen LogP contribution >= 0.6 is 0 Å². The van der Waals surface area contributed by atoms with Crippen LogP contribution in [0.4, 0.5) is 10.3 Å². The summed E-state index contributed by atoms with van der Waals surface area (Å²) in [6.07, 6.45) is 1.32. The molecule has 1 atom stereocenters. The Bertz CT molecular complexity index is 1430. The second-order valence-electron chi connectivity index (χ2n) is 9.41. The zero-order valence-electron chi connectivity index (χ0n) is 21.1. The number of carbonyl (C=O) groups is 3. The van der Waals surface area contributed by atoms with E-state index >= 15 is 0 Å². The second kappa shape index (κ2) is 10.9. The van der Waals surface area contributed by atoms with Crippen LogP contribution in [0.5, 0.6) is 0 Å². The number of halogens is 1. The third-order valence-corrected chi connectivity index (χ3v) is 6.76. The number of hydrogen-bond donors (Lipinski definition) is 4. The zero-order chi connectivity index (χ0) is 27.6. The highest BCUT2D eigenvalue weighted by Crippen LogP contribution is 2.39. The molecule has 6 N–H and O–H groups in total. The molecular weight excluding hydrogens is 491 g/mol. The van der Waals surface area contributed by atoms with Gasteiger partial charge in [-0.25, -0.2) is 19.2 Å². The van der Waals surface area contributed by atoms with E-state index in [0.29, 0.717) is 29.7 Å². The van der Waals surface area contributed by atoms with Gasteiger partial charge in [-0.3, -0.25) is 14.5 Å². The molecule has 38 heavy (non-hydrogen) atoms. The molecule has 0 aliphatic heterocycles. The van der Waals surface area contributed by atoms with Crippen LogP contribution in [-0.4, -0.2) is 44.3 Å².